The summed E-state index contributed by atoms with van der Waals surface area (Å²) in [5.41, 5.74) is 1.06. The normalized spacial score (nSPS) is 14.8. The second-order valence-corrected chi connectivity index (χ2v) is 7.40. The van der Waals surface area contributed by atoms with Crippen LogP contribution in [0.25, 0.3) is 11.7 Å². The number of aromatic amines is 2. The Bertz CT molecular complexity index is 1540. The number of hydrogen-bond donors (Lipinski definition) is 3. The lowest BCUT2D eigenvalue weighted by atomic mass is 10.2. The number of nitrogens with one attached hydrogen (secondary N) is 2. The SMILES string of the molecule is N#Cc1ccc(Oc2cc(=NC3CC3)n3nc/c(=C\c4[nH]c(=O)[nH]c4O)c3n2)c(Cl)c1. The molecule has 3 heterocycles. The summed E-state index contributed by atoms with van der Waals surface area (Å²) in [7, 11) is 0. The van der Waals surface area contributed by atoms with E-state index in [1.807, 2.05) is 6.07 Å². The molecule has 3 aromatic heterocycles. The Kier molecular flexibility index (Phi) is 4.45. The molecule has 10 nitrogen and oxygen atoms in total. The lowest BCUT2D eigenvalue weighted by molar-refractivity contribution is 0.454. The number of aromatic nitrogens is 5. The van der Waals surface area contributed by atoms with Gasteiger partial charge in [0.25, 0.3) is 0 Å². The first kappa shape index (κ1) is 18.9. The predicted octanol–water partition coefficient (Wildman–Crippen LogP) is 1.38. The third-order valence-corrected chi connectivity index (χ3v) is 4.92. The van der Waals surface area contributed by atoms with Gasteiger partial charge >= 0.3 is 5.69 Å². The predicted molar refractivity (Wildman–Crippen MR) is 110 cm³/mol. The summed E-state index contributed by atoms with van der Waals surface area (Å²) in [6.07, 6.45) is 5.10. The van der Waals surface area contributed by atoms with Crippen LogP contribution in [0.15, 0.2) is 40.2 Å². The summed E-state index contributed by atoms with van der Waals surface area (Å²) >= 11 is 6.23. The average Bonchev–Trinajstić information content (AvgIpc) is 3.38. The van der Waals surface area contributed by atoms with Crippen LogP contribution in [0.4, 0.5) is 0 Å². The van der Waals surface area contributed by atoms with E-state index in [-0.39, 0.29) is 28.5 Å². The molecule has 0 saturated heterocycles. The van der Waals surface area contributed by atoms with Gasteiger partial charge in [-0.3, -0.25) is 9.98 Å². The molecule has 3 N–H and O–H groups in total. The maximum absolute atomic E-state index is 11.4. The molecular weight excluding hydrogens is 422 g/mol. The van der Waals surface area contributed by atoms with Crippen LogP contribution in [0, 0.1) is 11.3 Å². The fourth-order valence-corrected chi connectivity index (χ4v) is 3.21. The van der Waals surface area contributed by atoms with Crippen molar-refractivity contribution in [3.63, 3.8) is 0 Å². The van der Waals surface area contributed by atoms with E-state index < -0.39 is 5.69 Å². The topological polar surface area (TPSA) is 144 Å². The minimum atomic E-state index is -0.530. The number of benzene rings is 1. The van der Waals surface area contributed by atoms with Crippen molar-refractivity contribution in [2.24, 2.45) is 4.99 Å². The molecule has 0 atom stereocenters. The van der Waals surface area contributed by atoms with Crippen molar-refractivity contribution in [3.8, 4) is 23.6 Å². The van der Waals surface area contributed by atoms with E-state index in [0.29, 0.717) is 27.7 Å². The third-order valence-electron chi connectivity index (χ3n) is 4.63. The molecule has 1 saturated carbocycles. The van der Waals surface area contributed by atoms with Crippen molar-refractivity contribution in [1.82, 2.24) is 24.6 Å². The summed E-state index contributed by atoms with van der Waals surface area (Å²) in [6, 6.07) is 8.60. The van der Waals surface area contributed by atoms with Gasteiger partial charge in [0.05, 0.1) is 28.9 Å². The highest BCUT2D eigenvalue weighted by molar-refractivity contribution is 6.32. The smallest absolute Gasteiger partial charge is 0.326 e. The van der Waals surface area contributed by atoms with E-state index in [9.17, 15) is 9.90 Å². The Morgan fingerprint density at radius 2 is 2.19 bits per heavy atom. The first-order valence-electron chi connectivity index (χ1n) is 9.33. The van der Waals surface area contributed by atoms with Crippen LogP contribution in [-0.2, 0) is 0 Å². The van der Waals surface area contributed by atoms with Crippen molar-refractivity contribution in [2.75, 3.05) is 0 Å². The number of nitriles is 1. The standard InChI is InChI=1S/C20H14ClN7O3/c21-13-5-10(8-22)1-4-15(13)31-17-7-16(24-12-2-3-12)28-18(26-17)11(9-23-28)6-14-19(29)27-20(30)25-14/h1,4-7,9,12,29H,2-3H2,(H2,25,27,30)/b11-6+,24-16?. The lowest BCUT2D eigenvalue weighted by Crippen LogP contribution is -2.19. The van der Waals surface area contributed by atoms with Gasteiger partial charge in [0.2, 0.25) is 11.8 Å². The highest BCUT2D eigenvalue weighted by atomic mass is 35.5. The Morgan fingerprint density at radius 3 is 2.87 bits per heavy atom. The van der Waals surface area contributed by atoms with Crippen LogP contribution < -0.4 is 21.1 Å². The monoisotopic (exact) mass is 435 g/mol. The van der Waals surface area contributed by atoms with Crippen LogP contribution in [-0.4, -0.2) is 35.7 Å². The van der Waals surface area contributed by atoms with Gasteiger partial charge < -0.3 is 14.8 Å². The molecule has 1 aliphatic carbocycles. The second-order valence-electron chi connectivity index (χ2n) is 6.99. The largest absolute Gasteiger partial charge is 0.493 e. The van der Waals surface area contributed by atoms with Gasteiger partial charge in [-0.05, 0) is 37.1 Å². The molecule has 154 valence electrons. The molecule has 0 radical (unpaired) electrons. The Labute approximate surface area is 178 Å². The van der Waals surface area contributed by atoms with Gasteiger partial charge in [-0.15, -0.1) is 0 Å². The molecule has 0 aliphatic heterocycles. The number of hydrogen-bond acceptors (Lipinski definition) is 7. The maximum Gasteiger partial charge on any atom is 0.326 e. The summed E-state index contributed by atoms with van der Waals surface area (Å²) in [4.78, 5) is 25.4. The third kappa shape index (κ3) is 3.74. The van der Waals surface area contributed by atoms with Crippen LogP contribution in [0.5, 0.6) is 17.5 Å². The molecule has 1 aliphatic rings. The number of nitrogens with zero attached hydrogens (tertiary/aromatic N) is 5. The van der Waals surface area contributed by atoms with E-state index in [4.69, 9.17) is 21.6 Å². The minimum absolute atomic E-state index is 0.198. The Balaban J connectivity index is 1.66. The van der Waals surface area contributed by atoms with Gasteiger partial charge in [-0.1, -0.05) is 11.6 Å². The first-order valence-corrected chi connectivity index (χ1v) is 9.71. The zero-order valence-electron chi connectivity index (χ0n) is 15.8. The Hall–Kier alpha value is -4.10. The average molecular weight is 436 g/mol. The second kappa shape index (κ2) is 7.30. The molecule has 11 heteroatoms. The number of H-pyrrole nitrogens is 2. The van der Waals surface area contributed by atoms with E-state index in [2.05, 4.69) is 25.0 Å². The molecule has 1 fully saturated rings. The molecule has 0 spiro atoms. The summed E-state index contributed by atoms with van der Waals surface area (Å²) in [5, 5.41) is 24.0. The zero-order valence-corrected chi connectivity index (χ0v) is 16.6. The van der Waals surface area contributed by atoms with E-state index >= 15 is 0 Å². The zero-order chi connectivity index (χ0) is 21.5. The van der Waals surface area contributed by atoms with E-state index in [0.717, 1.165) is 12.8 Å². The van der Waals surface area contributed by atoms with Gasteiger partial charge in [-0.25, -0.2) is 4.79 Å². The van der Waals surface area contributed by atoms with Gasteiger partial charge in [0.1, 0.15) is 11.4 Å². The van der Waals surface area contributed by atoms with Crippen molar-refractivity contribution in [2.45, 2.75) is 18.9 Å². The number of fused-ring (bicyclic) bond motifs is 1. The van der Waals surface area contributed by atoms with Gasteiger partial charge in [0, 0.05) is 11.3 Å². The number of halogens is 1. The maximum atomic E-state index is 11.4. The number of aromatic hydroxyl groups is 1. The van der Waals surface area contributed by atoms with Crippen molar-refractivity contribution < 1.29 is 9.84 Å². The summed E-state index contributed by atoms with van der Waals surface area (Å²) in [6.45, 7) is 0. The Morgan fingerprint density at radius 1 is 1.35 bits per heavy atom. The molecule has 0 amide bonds. The highest BCUT2D eigenvalue weighted by Crippen LogP contribution is 2.29. The van der Waals surface area contributed by atoms with Crippen LogP contribution in [0.1, 0.15) is 24.1 Å². The molecular formula is C20H14ClN7O3. The summed E-state index contributed by atoms with van der Waals surface area (Å²) < 4.78 is 7.45. The lowest BCUT2D eigenvalue weighted by Gasteiger charge is -2.07. The number of rotatable bonds is 4. The molecule has 1 aromatic carbocycles. The minimum Gasteiger partial charge on any atom is -0.493 e. The molecule has 0 unspecified atom stereocenters. The number of ether oxygens (including phenoxy) is 1. The molecule has 4 aromatic rings. The quantitative estimate of drug-likeness (QED) is 0.441. The first-order chi connectivity index (χ1) is 15.0. The van der Waals surface area contributed by atoms with Crippen molar-refractivity contribution in [3.05, 3.63) is 67.9 Å². The fraction of sp³-hybridized carbons (Fsp3) is 0.150. The highest BCUT2D eigenvalue weighted by Gasteiger charge is 2.20. The van der Waals surface area contributed by atoms with Crippen molar-refractivity contribution in [1.29, 1.82) is 5.26 Å². The van der Waals surface area contributed by atoms with Gasteiger partial charge in [-0.2, -0.15) is 19.9 Å². The van der Waals surface area contributed by atoms with Gasteiger partial charge in [0.15, 0.2) is 11.1 Å². The number of imidazole rings is 1. The van der Waals surface area contributed by atoms with E-state index in [1.165, 1.54) is 6.07 Å². The molecule has 5 rings (SSSR count). The molecule has 0 bridgehead atoms. The van der Waals surface area contributed by atoms with Crippen molar-refractivity contribution >= 4 is 23.3 Å². The molecule has 31 heavy (non-hydrogen) atoms. The van der Waals surface area contributed by atoms with Crippen LogP contribution in [0.3, 0.4) is 0 Å². The van der Waals surface area contributed by atoms with Crippen LogP contribution >= 0.6 is 11.6 Å². The summed E-state index contributed by atoms with van der Waals surface area (Å²) in [5.74, 6) is 0.289. The fourth-order valence-electron chi connectivity index (χ4n) is 2.99. The van der Waals surface area contributed by atoms with Crippen LogP contribution in [0.2, 0.25) is 5.02 Å². The van der Waals surface area contributed by atoms with E-state index in [1.54, 1.807) is 35.0 Å².